The molecule has 0 saturated carbocycles. The molecule has 0 aromatic carbocycles. The average Bonchev–Trinajstić information content (AvgIpc) is 2.71. The number of amides is 2. The Morgan fingerprint density at radius 1 is 1.13 bits per heavy atom. The summed E-state index contributed by atoms with van der Waals surface area (Å²) in [4.78, 5) is 25.3. The molecule has 3 heterocycles. The van der Waals surface area contributed by atoms with Crippen molar-refractivity contribution in [2.24, 2.45) is 0 Å². The molecule has 0 bridgehead atoms. The molecule has 1 aliphatic rings. The van der Waals surface area contributed by atoms with Gasteiger partial charge in [-0.05, 0) is 44.5 Å². The molecule has 156 valence electrons. The zero-order valence-corrected chi connectivity index (χ0v) is 18.7. The maximum absolute atomic E-state index is 12.5. The van der Waals surface area contributed by atoms with Gasteiger partial charge in [-0.1, -0.05) is 6.07 Å². The number of urea groups is 1. The first-order valence-corrected chi connectivity index (χ1v) is 10.0. The van der Waals surface area contributed by atoms with Crippen molar-refractivity contribution in [3.05, 3.63) is 47.9 Å². The molecule has 0 aliphatic carbocycles. The standard InChI is InChI=1S/C18H23N5O.2C2H4B/c1-13-5-4-8-19-17(13)22-9-10-23(15(3)12-22)18(24)21-16-7-6-14(2)20-11-16;2*1-2-3/h4-8,11,15H,9-10,12H2,1-3H3,(H,21,24);2*2H,1H3. The average molecular weight is 403 g/mol. The van der Waals surface area contributed by atoms with Gasteiger partial charge in [-0.15, -0.1) is 0 Å². The van der Waals surface area contributed by atoms with Gasteiger partial charge < -0.3 is 15.1 Å². The third kappa shape index (κ3) is 7.93. The van der Waals surface area contributed by atoms with Gasteiger partial charge in [-0.2, -0.15) is 0 Å². The molecule has 3 rings (SSSR count). The minimum atomic E-state index is -0.0782. The van der Waals surface area contributed by atoms with Gasteiger partial charge in [0.05, 0.1) is 11.9 Å². The summed E-state index contributed by atoms with van der Waals surface area (Å²) in [6.45, 7) is 11.8. The van der Waals surface area contributed by atoms with Crippen LogP contribution in [0.15, 0.2) is 36.7 Å². The van der Waals surface area contributed by atoms with Crippen LogP contribution in [0.5, 0.6) is 0 Å². The van der Waals surface area contributed by atoms with Crippen LogP contribution in [0.2, 0.25) is 0 Å². The van der Waals surface area contributed by atoms with Gasteiger partial charge in [0, 0.05) is 37.6 Å². The fourth-order valence-corrected chi connectivity index (χ4v) is 3.00. The number of aromatic nitrogens is 2. The molecule has 2 radical (unpaired) electrons. The molecule has 1 saturated heterocycles. The first-order valence-electron chi connectivity index (χ1n) is 10.0. The Balaban J connectivity index is 0.000000672. The van der Waals surface area contributed by atoms with E-state index in [2.05, 4.69) is 40.1 Å². The Bertz CT molecular complexity index is 807. The summed E-state index contributed by atoms with van der Waals surface area (Å²) in [6, 6.07) is 7.81. The van der Waals surface area contributed by atoms with Crippen molar-refractivity contribution in [3.8, 4) is 0 Å². The topological polar surface area (TPSA) is 61.4 Å². The zero-order valence-electron chi connectivity index (χ0n) is 18.7. The molecule has 0 spiro atoms. The SMILES string of the molecule is Cc1ccc(NC(=O)N2CCN(c3ncccc3C)CC2C)cn1.[B]=CC.[B]=CC. The molecule has 2 amide bonds. The molecule has 1 N–H and O–H groups in total. The molecule has 6 nitrogen and oxygen atoms in total. The monoisotopic (exact) mass is 403 g/mol. The van der Waals surface area contributed by atoms with Crippen molar-refractivity contribution in [1.29, 1.82) is 0 Å². The second-order valence-electron chi connectivity index (χ2n) is 6.92. The van der Waals surface area contributed by atoms with Crippen molar-refractivity contribution >= 4 is 44.4 Å². The number of nitrogens with one attached hydrogen (secondary N) is 1. The van der Waals surface area contributed by atoms with Crippen LogP contribution in [0.4, 0.5) is 16.3 Å². The van der Waals surface area contributed by atoms with Gasteiger partial charge in [0.1, 0.15) is 5.82 Å². The van der Waals surface area contributed by atoms with E-state index in [-0.39, 0.29) is 12.1 Å². The predicted molar refractivity (Wildman–Crippen MR) is 130 cm³/mol. The van der Waals surface area contributed by atoms with Gasteiger partial charge in [0.25, 0.3) is 0 Å². The van der Waals surface area contributed by atoms with E-state index in [1.807, 2.05) is 36.2 Å². The normalized spacial score (nSPS) is 15.0. The summed E-state index contributed by atoms with van der Waals surface area (Å²) < 4.78 is 0. The van der Waals surface area contributed by atoms with E-state index in [9.17, 15) is 4.79 Å². The molecule has 30 heavy (non-hydrogen) atoms. The number of hydrogen-bond acceptors (Lipinski definition) is 4. The number of carbonyl (C=O) groups is 1. The first-order chi connectivity index (χ1) is 14.4. The molecular formula is C22H31B2N5O. The van der Waals surface area contributed by atoms with Gasteiger partial charge in [0.2, 0.25) is 0 Å². The van der Waals surface area contributed by atoms with Crippen LogP contribution >= 0.6 is 0 Å². The van der Waals surface area contributed by atoms with Crippen molar-refractivity contribution in [2.75, 3.05) is 29.9 Å². The van der Waals surface area contributed by atoms with Gasteiger partial charge in [-0.3, -0.25) is 4.98 Å². The molecule has 2 aromatic heterocycles. The summed E-state index contributed by atoms with van der Waals surface area (Å²) >= 11 is 0. The van der Waals surface area contributed by atoms with E-state index in [0.717, 1.165) is 35.9 Å². The zero-order chi connectivity index (χ0) is 22.5. The molecule has 2 aromatic rings. The third-order valence-electron chi connectivity index (χ3n) is 4.33. The van der Waals surface area contributed by atoms with Gasteiger partial charge in [0.15, 0.2) is 0 Å². The second-order valence-corrected chi connectivity index (χ2v) is 6.92. The number of carbonyl (C=O) groups excluding carboxylic acids is 1. The molecule has 1 fully saturated rings. The maximum atomic E-state index is 12.5. The van der Waals surface area contributed by atoms with Crippen molar-refractivity contribution in [3.63, 3.8) is 0 Å². The summed E-state index contributed by atoms with van der Waals surface area (Å²) in [5, 5.41) is 2.93. The predicted octanol–water partition coefficient (Wildman–Crippen LogP) is 2.79. The van der Waals surface area contributed by atoms with Crippen LogP contribution in [-0.2, 0) is 0 Å². The first kappa shape index (κ1) is 25.3. The Hall–Kier alpha value is -2.76. The van der Waals surface area contributed by atoms with Crippen molar-refractivity contribution in [1.82, 2.24) is 14.9 Å². The summed E-state index contributed by atoms with van der Waals surface area (Å²) in [5.74, 6) is 4.01. The number of rotatable bonds is 2. The third-order valence-corrected chi connectivity index (χ3v) is 4.33. The Kier molecular flexibility index (Phi) is 11.3. The Morgan fingerprint density at radius 3 is 2.33 bits per heavy atom. The summed E-state index contributed by atoms with van der Waals surface area (Å²) in [7, 11) is 9.44. The van der Waals surface area contributed by atoms with E-state index in [0.29, 0.717) is 6.54 Å². The Labute approximate surface area is 182 Å². The van der Waals surface area contributed by atoms with Crippen LogP contribution in [0.3, 0.4) is 0 Å². The fraction of sp³-hybridized carbons (Fsp3) is 0.409. The number of aryl methyl sites for hydroxylation is 2. The van der Waals surface area contributed by atoms with Crippen LogP contribution in [0.1, 0.15) is 32.0 Å². The van der Waals surface area contributed by atoms with Crippen LogP contribution in [0, 0.1) is 13.8 Å². The van der Waals surface area contributed by atoms with Crippen molar-refractivity contribution in [2.45, 2.75) is 40.7 Å². The van der Waals surface area contributed by atoms with E-state index in [1.54, 1.807) is 20.0 Å². The summed E-state index contributed by atoms with van der Waals surface area (Å²) in [5.41, 5.74) is 2.81. The fourth-order valence-electron chi connectivity index (χ4n) is 3.00. The molecule has 1 aliphatic heterocycles. The number of piperazine rings is 1. The van der Waals surface area contributed by atoms with Crippen LogP contribution in [0.25, 0.3) is 0 Å². The van der Waals surface area contributed by atoms with Crippen molar-refractivity contribution < 1.29 is 4.79 Å². The summed E-state index contributed by atoms with van der Waals surface area (Å²) in [6.07, 6.45) is 3.50. The van der Waals surface area contributed by atoms with Crippen LogP contribution in [-0.4, -0.2) is 73.5 Å². The van der Waals surface area contributed by atoms with E-state index >= 15 is 0 Å². The minimum absolute atomic E-state index is 0.0782. The van der Waals surface area contributed by atoms with Gasteiger partial charge in [-0.25, -0.2) is 9.78 Å². The van der Waals surface area contributed by atoms with Crippen LogP contribution < -0.4 is 10.2 Å². The molecule has 1 atom stereocenters. The number of anilines is 2. The van der Waals surface area contributed by atoms with E-state index in [1.165, 1.54) is 11.9 Å². The van der Waals surface area contributed by atoms with E-state index < -0.39 is 0 Å². The van der Waals surface area contributed by atoms with E-state index in [4.69, 9.17) is 15.0 Å². The van der Waals surface area contributed by atoms with Gasteiger partial charge >= 0.3 is 46.8 Å². The number of nitrogens with zero attached hydrogens (tertiary/aromatic N) is 4. The molecule has 8 heteroatoms. The second kappa shape index (κ2) is 13.5. The number of pyridine rings is 2. The molecular weight excluding hydrogens is 372 g/mol. The quantitative estimate of drug-likeness (QED) is 0.784. The Morgan fingerprint density at radius 2 is 1.80 bits per heavy atom. The number of hydrogen-bond donors (Lipinski definition) is 1. The molecule has 1 unspecified atom stereocenters.